The van der Waals surface area contributed by atoms with E-state index in [2.05, 4.69) is 10.1 Å². The molecule has 20 heavy (non-hydrogen) atoms. The highest BCUT2D eigenvalue weighted by molar-refractivity contribution is 6.05. The fraction of sp³-hybridized carbons (Fsp3) is 0.133. The van der Waals surface area contributed by atoms with Crippen LogP contribution in [0.1, 0.15) is 17.3 Å². The standard InChI is InChI=1S/C15H15NO4/c1-2-3-5-10-14(18)20-11-13(17)16-15(19)12-8-6-4-7-9-12/h2-10H,11H2,1H3,(H,16,17,19). The summed E-state index contributed by atoms with van der Waals surface area (Å²) in [5.74, 6) is -1.85. The molecule has 0 saturated heterocycles. The highest BCUT2D eigenvalue weighted by atomic mass is 16.5. The second kappa shape index (κ2) is 8.42. The normalized spacial score (nSPS) is 10.7. The number of hydrogen-bond donors (Lipinski definition) is 1. The van der Waals surface area contributed by atoms with Crippen LogP contribution >= 0.6 is 0 Å². The Hall–Kier alpha value is -2.69. The number of hydrogen-bond acceptors (Lipinski definition) is 4. The van der Waals surface area contributed by atoms with Crippen molar-refractivity contribution in [3.63, 3.8) is 0 Å². The van der Waals surface area contributed by atoms with Gasteiger partial charge >= 0.3 is 5.97 Å². The van der Waals surface area contributed by atoms with Gasteiger partial charge in [-0.25, -0.2) is 4.79 Å². The quantitative estimate of drug-likeness (QED) is 0.502. The predicted molar refractivity (Wildman–Crippen MR) is 73.8 cm³/mol. The molecule has 0 fully saturated rings. The largest absolute Gasteiger partial charge is 0.452 e. The van der Waals surface area contributed by atoms with Crippen molar-refractivity contribution in [2.75, 3.05) is 6.61 Å². The lowest BCUT2D eigenvalue weighted by molar-refractivity contribution is -0.143. The van der Waals surface area contributed by atoms with E-state index in [0.717, 1.165) is 0 Å². The molecule has 5 nitrogen and oxygen atoms in total. The number of amides is 2. The van der Waals surface area contributed by atoms with Gasteiger partial charge < -0.3 is 4.74 Å². The summed E-state index contributed by atoms with van der Waals surface area (Å²) in [4.78, 5) is 34.2. The van der Waals surface area contributed by atoms with Crippen LogP contribution in [-0.4, -0.2) is 24.4 Å². The van der Waals surface area contributed by atoms with Gasteiger partial charge in [0.15, 0.2) is 6.61 Å². The van der Waals surface area contributed by atoms with Gasteiger partial charge in [-0.3, -0.25) is 14.9 Å². The number of benzene rings is 1. The van der Waals surface area contributed by atoms with Crippen molar-refractivity contribution in [3.05, 3.63) is 60.2 Å². The number of nitrogens with one attached hydrogen (secondary N) is 1. The fourth-order valence-electron chi connectivity index (χ4n) is 1.25. The van der Waals surface area contributed by atoms with E-state index in [0.29, 0.717) is 5.56 Å². The zero-order chi connectivity index (χ0) is 14.8. The van der Waals surface area contributed by atoms with Crippen LogP contribution in [0, 0.1) is 0 Å². The summed E-state index contributed by atoms with van der Waals surface area (Å²) < 4.78 is 4.66. The summed E-state index contributed by atoms with van der Waals surface area (Å²) >= 11 is 0. The van der Waals surface area contributed by atoms with Crippen LogP contribution in [0.3, 0.4) is 0 Å². The highest BCUT2D eigenvalue weighted by Crippen LogP contribution is 1.97. The van der Waals surface area contributed by atoms with E-state index < -0.39 is 24.4 Å². The van der Waals surface area contributed by atoms with Crippen LogP contribution in [0.5, 0.6) is 0 Å². The van der Waals surface area contributed by atoms with Crippen LogP contribution in [0.25, 0.3) is 0 Å². The molecule has 2 amide bonds. The lowest BCUT2D eigenvalue weighted by atomic mass is 10.2. The van der Waals surface area contributed by atoms with Gasteiger partial charge in [-0.2, -0.15) is 0 Å². The van der Waals surface area contributed by atoms with Gasteiger partial charge in [0.1, 0.15) is 0 Å². The Morgan fingerprint density at radius 2 is 1.85 bits per heavy atom. The van der Waals surface area contributed by atoms with Crippen molar-refractivity contribution < 1.29 is 19.1 Å². The Morgan fingerprint density at radius 3 is 2.50 bits per heavy atom. The SMILES string of the molecule is CC=CC=CC(=O)OCC(=O)NC(=O)c1ccccc1. The molecule has 0 aliphatic heterocycles. The fourth-order valence-corrected chi connectivity index (χ4v) is 1.25. The van der Waals surface area contributed by atoms with Gasteiger partial charge in [0.25, 0.3) is 11.8 Å². The number of rotatable bonds is 5. The Kier molecular flexibility index (Phi) is 6.47. The molecule has 1 aromatic carbocycles. The molecule has 0 saturated carbocycles. The molecule has 0 atom stereocenters. The summed E-state index contributed by atoms with van der Waals surface area (Å²) in [6.07, 6.45) is 6.08. The minimum absolute atomic E-state index is 0.361. The average Bonchev–Trinajstić information content (AvgIpc) is 2.46. The van der Waals surface area contributed by atoms with Crippen LogP contribution in [0.2, 0.25) is 0 Å². The Labute approximate surface area is 116 Å². The van der Waals surface area contributed by atoms with Crippen LogP contribution in [0.4, 0.5) is 0 Å². The van der Waals surface area contributed by atoms with Gasteiger partial charge in [0.2, 0.25) is 0 Å². The third-order valence-corrected chi connectivity index (χ3v) is 2.17. The van der Waals surface area contributed by atoms with E-state index in [4.69, 9.17) is 0 Å². The van der Waals surface area contributed by atoms with Crippen LogP contribution < -0.4 is 5.32 Å². The summed E-state index contributed by atoms with van der Waals surface area (Å²) in [5.41, 5.74) is 0.361. The summed E-state index contributed by atoms with van der Waals surface area (Å²) in [6.45, 7) is 1.30. The van der Waals surface area contributed by atoms with Gasteiger partial charge in [-0.05, 0) is 19.1 Å². The molecular weight excluding hydrogens is 258 g/mol. The number of carbonyl (C=O) groups excluding carboxylic acids is 3. The first-order valence-electron chi connectivity index (χ1n) is 5.99. The van der Waals surface area contributed by atoms with E-state index >= 15 is 0 Å². The van der Waals surface area contributed by atoms with Crippen molar-refractivity contribution in [2.24, 2.45) is 0 Å². The Balaban J connectivity index is 2.37. The number of esters is 1. The van der Waals surface area contributed by atoms with E-state index in [-0.39, 0.29) is 0 Å². The molecule has 1 aromatic rings. The zero-order valence-electron chi connectivity index (χ0n) is 11.0. The molecule has 0 spiro atoms. The molecule has 5 heteroatoms. The van der Waals surface area contributed by atoms with Gasteiger partial charge in [0.05, 0.1) is 0 Å². The molecule has 0 aliphatic carbocycles. The first-order chi connectivity index (χ1) is 9.63. The number of ether oxygens (including phenoxy) is 1. The van der Waals surface area contributed by atoms with Crippen molar-refractivity contribution >= 4 is 17.8 Å². The van der Waals surface area contributed by atoms with Crippen molar-refractivity contribution in [2.45, 2.75) is 6.92 Å². The molecule has 0 radical (unpaired) electrons. The lowest BCUT2D eigenvalue weighted by Gasteiger charge is -2.04. The van der Waals surface area contributed by atoms with Gasteiger partial charge in [0, 0.05) is 11.6 Å². The first-order valence-corrected chi connectivity index (χ1v) is 5.99. The van der Waals surface area contributed by atoms with E-state index in [1.54, 1.807) is 49.4 Å². The van der Waals surface area contributed by atoms with Crippen molar-refractivity contribution in [1.29, 1.82) is 0 Å². The third-order valence-electron chi connectivity index (χ3n) is 2.17. The molecule has 0 bridgehead atoms. The van der Waals surface area contributed by atoms with Crippen molar-refractivity contribution in [3.8, 4) is 0 Å². The first kappa shape index (κ1) is 15.4. The molecule has 0 aliphatic rings. The minimum Gasteiger partial charge on any atom is -0.452 e. The number of carbonyl (C=O) groups is 3. The smallest absolute Gasteiger partial charge is 0.331 e. The summed E-state index contributed by atoms with van der Waals surface area (Å²) in [7, 11) is 0. The van der Waals surface area contributed by atoms with E-state index in [9.17, 15) is 14.4 Å². The maximum Gasteiger partial charge on any atom is 0.331 e. The lowest BCUT2D eigenvalue weighted by Crippen LogP contribution is -2.33. The Morgan fingerprint density at radius 1 is 1.15 bits per heavy atom. The molecule has 1 rings (SSSR count). The molecule has 104 valence electrons. The van der Waals surface area contributed by atoms with Crippen LogP contribution in [0.15, 0.2) is 54.6 Å². The molecule has 0 aromatic heterocycles. The molecular formula is C15H15NO4. The maximum absolute atomic E-state index is 11.6. The minimum atomic E-state index is -0.674. The summed E-state index contributed by atoms with van der Waals surface area (Å²) in [5, 5.41) is 2.13. The van der Waals surface area contributed by atoms with Crippen molar-refractivity contribution in [1.82, 2.24) is 5.32 Å². The van der Waals surface area contributed by atoms with Crippen LogP contribution in [-0.2, 0) is 14.3 Å². The Bertz CT molecular complexity index is 532. The van der Waals surface area contributed by atoms with Gasteiger partial charge in [-0.15, -0.1) is 0 Å². The highest BCUT2D eigenvalue weighted by Gasteiger charge is 2.10. The molecule has 0 heterocycles. The third kappa shape index (κ3) is 5.77. The average molecular weight is 273 g/mol. The summed E-state index contributed by atoms with van der Waals surface area (Å²) in [6, 6.07) is 8.29. The predicted octanol–water partition coefficient (Wildman–Crippen LogP) is 1.62. The topological polar surface area (TPSA) is 72.5 Å². The van der Waals surface area contributed by atoms with Gasteiger partial charge in [-0.1, -0.05) is 36.4 Å². The number of allylic oxidation sites excluding steroid dienone is 3. The monoisotopic (exact) mass is 273 g/mol. The molecule has 1 N–H and O–H groups in total. The van der Waals surface area contributed by atoms with E-state index in [1.807, 2.05) is 0 Å². The zero-order valence-corrected chi connectivity index (χ0v) is 11.0. The second-order valence-corrected chi connectivity index (χ2v) is 3.74. The number of imide groups is 1. The second-order valence-electron chi connectivity index (χ2n) is 3.74. The van der Waals surface area contributed by atoms with E-state index in [1.165, 1.54) is 12.2 Å². The molecule has 0 unspecified atom stereocenters. The maximum atomic E-state index is 11.6.